The van der Waals surface area contributed by atoms with Crippen LogP contribution in [0.4, 0.5) is 5.69 Å². The van der Waals surface area contributed by atoms with Gasteiger partial charge in [-0.1, -0.05) is 37.1 Å². The van der Waals surface area contributed by atoms with Gasteiger partial charge in [0.25, 0.3) is 11.8 Å². The lowest BCUT2D eigenvalue weighted by Crippen LogP contribution is -2.32. The zero-order chi connectivity index (χ0) is 18.4. The van der Waals surface area contributed by atoms with Crippen molar-refractivity contribution < 1.29 is 14.3 Å². The maximum absolute atomic E-state index is 13.0. The highest BCUT2D eigenvalue weighted by Gasteiger charge is 2.21. The Bertz CT molecular complexity index is 780. The second kappa shape index (κ2) is 8.52. The monoisotopic (exact) mass is 352 g/mol. The van der Waals surface area contributed by atoms with Gasteiger partial charge in [0.05, 0.1) is 23.9 Å². The summed E-state index contributed by atoms with van der Waals surface area (Å²) >= 11 is 0. The molecule has 5 heteroatoms. The zero-order valence-corrected chi connectivity index (χ0v) is 15.0. The first-order valence-electron chi connectivity index (χ1n) is 9.03. The van der Waals surface area contributed by atoms with Crippen LogP contribution in [0.15, 0.2) is 48.5 Å². The highest BCUT2D eigenvalue weighted by Crippen LogP contribution is 2.23. The molecular formula is C21H24N2O3. The van der Waals surface area contributed by atoms with Crippen LogP contribution >= 0.6 is 0 Å². The van der Waals surface area contributed by atoms with Crippen LogP contribution in [0.2, 0.25) is 0 Å². The minimum atomic E-state index is -0.293. The van der Waals surface area contributed by atoms with Gasteiger partial charge in [0.1, 0.15) is 5.75 Å². The standard InChI is InChI=1S/C21H24N2O3/c1-26-19-13-7-5-11-17(19)20(24)22-18-12-6-4-10-16(18)21(25)23-14-8-2-3-9-15-23/h4-7,10-13H,2-3,8-9,14-15H2,1H3,(H,22,24). The number of hydrogen-bond acceptors (Lipinski definition) is 3. The molecule has 0 radical (unpaired) electrons. The van der Waals surface area contributed by atoms with Crippen molar-refractivity contribution in [3.8, 4) is 5.75 Å². The maximum Gasteiger partial charge on any atom is 0.259 e. The number of carbonyl (C=O) groups is 2. The van der Waals surface area contributed by atoms with Crippen molar-refractivity contribution >= 4 is 17.5 Å². The molecule has 26 heavy (non-hydrogen) atoms. The van der Waals surface area contributed by atoms with E-state index in [0.29, 0.717) is 22.6 Å². The van der Waals surface area contributed by atoms with E-state index in [1.54, 1.807) is 30.3 Å². The lowest BCUT2D eigenvalue weighted by Gasteiger charge is -2.22. The highest BCUT2D eigenvalue weighted by atomic mass is 16.5. The van der Waals surface area contributed by atoms with E-state index in [0.717, 1.165) is 38.8 Å². The molecular weight excluding hydrogens is 328 g/mol. The first-order chi connectivity index (χ1) is 12.7. The Hall–Kier alpha value is -2.82. The van der Waals surface area contributed by atoms with Crippen molar-refractivity contribution in [1.29, 1.82) is 0 Å². The zero-order valence-electron chi connectivity index (χ0n) is 15.0. The fourth-order valence-electron chi connectivity index (χ4n) is 3.24. The lowest BCUT2D eigenvalue weighted by atomic mass is 10.1. The van der Waals surface area contributed by atoms with Gasteiger partial charge >= 0.3 is 0 Å². The molecule has 1 fully saturated rings. The number of amides is 2. The van der Waals surface area contributed by atoms with Gasteiger partial charge in [0, 0.05) is 13.1 Å². The number of hydrogen-bond donors (Lipinski definition) is 1. The fraction of sp³-hybridized carbons (Fsp3) is 0.333. The Kier molecular flexibility index (Phi) is 5.89. The normalized spacial score (nSPS) is 14.4. The lowest BCUT2D eigenvalue weighted by molar-refractivity contribution is 0.0762. The number of methoxy groups -OCH3 is 1. The molecule has 136 valence electrons. The molecule has 0 unspecified atom stereocenters. The Morgan fingerprint density at radius 2 is 1.50 bits per heavy atom. The minimum Gasteiger partial charge on any atom is -0.496 e. The number of benzene rings is 2. The van der Waals surface area contributed by atoms with Crippen molar-refractivity contribution in [2.75, 3.05) is 25.5 Å². The van der Waals surface area contributed by atoms with E-state index in [1.165, 1.54) is 7.11 Å². The molecule has 1 heterocycles. The Balaban J connectivity index is 1.83. The van der Waals surface area contributed by atoms with Crippen molar-refractivity contribution in [1.82, 2.24) is 4.90 Å². The summed E-state index contributed by atoms with van der Waals surface area (Å²) in [7, 11) is 1.53. The second-order valence-electron chi connectivity index (χ2n) is 6.41. The summed E-state index contributed by atoms with van der Waals surface area (Å²) in [6, 6.07) is 14.2. The van der Waals surface area contributed by atoms with Gasteiger partial charge in [-0.05, 0) is 37.1 Å². The first kappa shape index (κ1) is 18.0. The average Bonchev–Trinajstić information content (AvgIpc) is 2.97. The summed E-state index contributed by atoms with van der Waals surface area (Å²) in [5.41, 5.74) is 1.49. The summed E-state index contributed by atoms with van der Waals surface area (Å²) in [6.45, 7) is 1.54. The molecule has 5 nitrogen and oxygen atoms in total. The summed E-state index contributed by atoms with van der Waals surface area (Å²) in [6.07, 6.45) is 4.38. The van der Waals surface area contributed by atoms with E-state index in [1.807, 2.05) is 23.1 Å². The van der Waals surface area contributed by atoms with Crippen molar-refractivity contribution in [3.63, 3.8) is 0 Å². The third-order valence-electron chi connectivity index (χ3n) is 4.65. The molecule has 0 bridgehead atoms. The topological polar surface area (TPSA) is 58.6 Å². The number of anilines is 1. The molecule has 0 atom stereocenters. The van der Waals surface area contributed by atoms with Crippen LogP contribution < -0.4 is 10.1 Å². The van der Waals surface area contributed by atoms with Crippen LogP contribution in [-0.2, 0) is 0 Å². The SMILES string of the molecule is COc1ccccc1C(=O)Nc1ccccc1C(=O)N1CCCCCC1. The number of nitrogens with zero attached hydrogens (tertiary/aromatic N) is 1. The van der Waals surface area contributed by atoms with Crippen LogP contribution in [0.3, 0.4) is 0 Å². The second-order valence-corrected chi connectivity index (χ2v) is 6.41. The molecule has 0 aliphatic carbocycles. The molecule has 0 saturated carbocycles. The highest BCUT2D eigenvalue weighted by molar-refractivity contribution is 6.10. The van der Waals surface area contributed by atoms with E-state index in [4.69, 9.17) is 4.74 Å². The van der Waals surface area contributed by atoms with Crippen LogP contribution in [-0.4, -0.2) is 36.9 Å². The molecule has 2 amide bonds. The van der Waals surface area contributed by atoms with Gasteiger partial charge in [-0.3, -0.25) is 9.59 Å². The Morgan fingerprint density at radius 3 is 2.19 bits per heavy atom. The molecule has 1 aliphatic heterocycles. The maximum atomic E-state index is 13.0. The third-order valence-corrected chi connectivity index (χ3v) is 4.65. The number of ether oxygens (including phenoxy) is 1. The minimum absolute atomic E-state index is 0.0252. The third kappa shape index (κ3) is 4.04. The van der Waals surface area contributed by atoms with Crippen LogP contribution in [0, 0.1) is 0 Å². The van der Waals surface area contributed by atoms with Gasteiger partial charge in [0.2, 0.25) is 0 Å². The molecule has 3 rings (SSSR count). The van der Waals surface area contributed by atoms with E-state index in [9.17, 15) is 9.59 Å². The molecule has 0 aromatic heterocycles. The Labute approximate surface area is 154 Å². The largest absolute Gasteiger partial charge is 0.496 e. The number of likely N-dealkylation sites (tertiary alicyclic amines) is 1. The smallest absolute Gasteiger partial charge is 0.259 e. The molecule has 0 spiro atoms. The molecule has 1 saturated heterocycles. The summed E-state index contributed by atoms with van der Waals surface area (Å²) in [5, 5.41) is 2.87. The fourth-order valence-corrected chi connectivity index (χ4v) is 3.24. The Morgan fingerprint density at radius 1 is 0.885 bits per heavy atom. The van der Waals surface area contributed by atoms with E-state index >= 15 is 0 Å². The average molecular weight is 352 g/mol. The van der Waals surface area contributed by atoms with Gasteiger partial charge in [0.15, 0.2) is 0 Å². The van der Waals surface area contributed by atoms with E-state index < -0.39 is 0 Å². The van der Waals surface area contributed by atoms with Crippen LogP contribution in [0.25, 0.3) is 0 Å². The predicted octanol–water partition coefficient (Wildman–Crippen LogP) is 3.96. The first-order valence-corrected chi connectivity index (χ1v) is 9.03. The number of nitrogens with one attached hydrogen (secondary N) is 1. The molecule has 2 aromatic carbocycles. The van der Waals surface area contributed by atoms with E-state index in [-0.39, 0.29) is 11.8 Å². The number of carbonyl (C=O) groups excluding carboxylic acids is 2. The van der Waals surface area contributed by atoms with Gasteiger partial charge < -0.3 is 15.0 Å². The van der Waals surface area contributed by atoms with Crippen molar-refractivity contribution in [2.45, 2.75) is 25.7 Å². The van der Waals surface area contributed by atoms with Gasteiger partial charge in [-0.2, -0.15) is 0 Å². The van der Waals surface area contributed by atoms with Crippen LogP contribution in [0.1, 0.15) is 46.4 Å². The predicted molar refractivity (Wildman–Crippen MR) is 102 cm³/mol. The van der Waals surface area contributed by atoms with Gasteiger partial charge in [-0.25, -0.2) is 0 Å². The number of para-hydroxylation sites is 2. The summed E-state index contributed by atoms with van der Waals surface area (Å²) < 4.78 is 5.25. The van der Waals surface area contributed by atoms with Crippen molar-refractivity contribution in [2.24, 2.45) is 0 Å². The summed E-state index contributed by atoms with van der Waals surface area (Å²) in [4.78, 5) is 27.5. The molecule has 1 N–H and O–H groups in total. The summed E-state index contributed by atoms with van der Waals surface area (Å²) in [5.74, 6) is 0.183. The van der Waals surface area contributed by atoms with Crippen molar-refractivity contribution in [3.05, 3.63) is 59.7 Å². The molecule has 1 aliphatic rings. The van der Waals surface area contributed by atoms with E-state index in [2.05, 4.69) is 5.32 Å². The van der Waals surface area contributed by atoms with Crippen LogP contribution in [0.5, 0.6) is 5.75 Å². The van der Waals surface area contributed by atoms with Gasteiger partial charge in [-0.15, -0.1) is 0 Å². The quantitative estimate of drug-likeness (QED) is 0.906. The molecule has 2 aromatic rings. The number of rotatable bonds is 4.